The first kappa shape index (κ1) is 65.3. The van der Waals surface area contributed by atoms with Gasteiger partial charge in [-0.1, -0.05) is 135 Å². The summed E-state index contributed by atoms with van der Waals surface area (Å²) in [6, 6.07) is 21.8. The quantitative estimate of drug-likeness (QED) is 0.0837. The van der Waals surface area contributed by atoms with E-state index in [0.717, 1.165) is 22.3 Å². The Kier molecular flexibility index (Phi) is 43.8. The number of urea groups is 2. The van der Waals surface area contributed by atoms with Crippen LogP contribution in [-0.2, 0) is 0 Å². The van der Waals surface area contributed by atoms with E-state index in [1.54, 1.807) is 36.7 Å². The van der Waals surface area contributed by atoms with Crippen LogP contribution in [0.1, 0.15) is 111 Å². The predicted molar refractivity (Wildman–Crippen MR) is 279 cm³/mol. The molecule has 16 heteroatoms. The number of ether oxygens (including phenoxy) is 2. The molecule has 2 aromatic carbocycles. The van der Waals surface area contributed by atoms with Crippen molar-refractivity contribution in [3.8, 4) is 45.8 Å². The van der Waals surface area contributed by atoms with E-state index < -0.39 is 0 Å². The number of carbonyl (C=O) groups is 2. The van der Waals surface area contributed by atoms with Crippen LogP contribution in [0.25, 0.3) is 22.3 Å². The predicted octanol–water partition coefficient (Wildman–Crippen LogP) is 13.5. The third kappa shape index (κ3) is 25.7. The Bertz CT molecular complexity index is 1890. The van der Waals surface area contributed by atoms with Crippen LogP contribution in [0.2, 0.25) is 0 Å². The Hall–Kier alpha value is -7.36. The van der Waals surface area contributed by atoms with Crippen LogP contribution in [0, 0.1) is 0 Å². The van der Waals surface area contributed by atoms with Crippen molar-refractivity contribution in [2.45, 2.75) is 111 Å². The molecular formula is C50H80N12O4. The van der Waals surface area contributed by atoms with Crippen LogP contribution in [0.5, 0.6) is 23.5 Å². The van der Waals surface area contributed by atoms with Crippen LogP contribution in [0.3, 0.4) is 0 Å². The summed E-state index contributed by atoms with van der Waals surface area (Å²) in [5.74, 6) is 2.11. The SMILES string of the molecule is CC.CC.CC.CC.CC.CC.CC.CC.CNC(=O)Nc1cnc(Oc2ccc(-c3cccnc3N)cc2)nc1.CNC(=O)Nc1cnc(Oc2ccc(-c3cccnc3N)cc2)nc1. The van der Waals surface area contributed by atoms with Crippen molar-refractivity contribution in [3.63, 3.8) is 0 Å². The van der Waals surface area contributed by atoms with Gasteiger partial charge in [0.25, 0.3) is 0 Å². The number of benzene rings is 2. The van der Waals surface area contributed by atoms with Crippen molar-refractivity contribution in [2.24, 2.45) is 0 Å². The number of amides is 4. The van der Waals surface area contributed by atoms with E-state index in [2.05, 4.69) is 51.2 Å². The standard InChI is InChI=1S/2C17H16N6O2.8C2H6/c2*1-19-16(24)23-12-9-21-17(22-10-12)25-13-6-4-11(5-7-13)14-3-2-8-20-15(14)18;8*1-2/h2*2-10H,1H3,(H2,18,20)(H2,19,23,24);8*1-2H3. The topological polar surface area (TPSA) is 230 Å². The average molecular weight is 913 g/mol. The third-order valence-corrected chi connectivity index (χ3v) is 6.65. The van der Waals surface area contributed by atoms with Crippen molar-refractivity contribution < 1.29 is 19.1 Å². The van der Waals surface area contributed by atoms with Crippen LogP contribution >= 0.6 is 0 Å². The zero-order valence-corrected chi connectivity index (χ0v) is 42.9. The molecule has 66 heavy (non-hydrogen) atoms. The van der Waals surface area contributed by atoms with Gasteiger partial charge in [-0.15, -0.1) is 0 Å². The number of nitrogens with two attached hydrogens (primary N) is 2. The molecule has 4 aromatic heterocycles. The second-order valence-electron chi connectivity index (χ2n) is 10.0. The van der Waals surface area contributed by atoms with E-state index in [1.807, 2.05) is 159 Å². The highest BCUT2D eigenvalue weighted by molar-refractivity contribution is 5.89. The molecule has 8 N–H and O–H groups in total. The number of nitrogens with zero attached hydrogens (tertiary/aromatic N) is 6. The highest BCUT2D eigenvalue weighted by atomic mass is 16.5. The Morgan fingerprint density at radius 1 is 0.424 bits per heavy atom. The summed E-state index contributed by atoms with van der Waals surface area (Å²) in [6.07, 6.45) is 9.14. The highest BCUT2D eigenvalue weighted by Gasteiger charge is 2.08. The van der Waals surface area contributed by atoms with E-state index in [1.165, 1.54) is 38.9 Å². The van der Waals surface area contributed by atoms with E-state index in [4.69, 9.17) is 20.9 Å². The summed E-state index contributed by atoms with van der Waals surface area (Å²) in [4.78, 5) is 46.8. The Morgan fingerprint density at radius 3 is 0.939 bits per heavy atom. The van der Waals surface area contributed by atoms with Gasteiger partial charge in [-0.05, 0) is 59.7 Å². The number of hydrogen-bond acceptors (Lipinski definition) is 12. The minimum absolute atomic E-state index is 0.177. The summed E-state index contributed by atoms with van der Waals surface area (Å²) < 4.78 is 11.2. The maximum atomic E-state index is 11.2. The molecule has 0 aliphatic rings. The average Bonchev–Trinajstić information content (AvgIpc) is 3.41. The molecule has 6 aromatic rings. The molecule has 0 atom stereocenters. The van der Waals surface area contributed by atoms with Gasteiger partial charge in [0, 0.05) is 37.6 Å². The summed E-state index contributed by atoms with van der Waals surface area (Å²) in [5.41, 5.74) is 16.3. The van der Waals surface area contributed by atoms with Crippen molar-refractivity contribution >= 4 is 35.1 Å². The Morgan fingerprint density at radius 2 is 0.697 bits per heavy atom. The summed E-state index contributed by atoms with van der Waals surface area (Å²) in [5, 5.41) is 10.0. The summed E-state index contributed by atoms with van der Waals surface area (Å²) in [6.45, 7) is 32.0. The van der Waals surface area contributed by atoms with Crippen molar-refractivity contribution in [1.29, 1.82) is 0 Å². The fourth-order valence-corrected chi connectivity index (χ4v) is 4.19. The monoisotopic (exact) mass is 913 g/mol. The summed E-state index contributed by atoms with van der Waals surface area (Å²) >= 11 is 0. The molecule has 16 nitrogen and oxygen atoms in total. The normalized spacial score (nSPS) is 8.39. The highest BCUT2D eigenvalue weighted by Crippen LogP contribution is 2.28. The molecule has 0 radical (unpaired) electrons. The van der Waals surface area contributed by atoms with Gasteiger partial charge >= 0.3 is 24.1 Å². The number of hydrogen-bond donors (Lipinski definition) is 6. The first-order valence-electron chi connectivity index (χ1n) is 22.9. The van der Waals surface area contributed by atoms with Crippen LogP contribution in [-0.4, -0.2) is 56.1 Å². The smallest absolute Gasteiger partial charge is 0.322 e. The van der Waals surface area contributed by atoms with Gasteiger partial charge < -0.3 is 42.2 Å². The molecule has 0 spiro atoms. The van der Waals surface area contributed by atoms with E-state index >= 15 is 0 Å². The molecule has 4 amide bonds. The number of nitrogen functional groups attached to an aromatic ring is 2. The lowest BCUT2D eigenvalue weighted by molar-refractivity contribution is 0.253. The lowest BCUT2D eigenvalue weighted by Crippen LogP contribution is -2.24. The first-order valence-corrected chi connectivity index (χ1v) is 22.9. The number of pyridine rings is 2. The fourth-order valence-electron chi connectivity index (χ4n) is 4.19. The second-order valence-corrected chi connectivity index (χ2v) is 10.0. The van der Waals surface area contributed by atoms with Crippen molar-refractivity contribution in [2.75, 3.05) is 36.2 Å². The van der Waals surface area contributed by atoms with E-state index in [9.17, 15) is 9.59 Å². The molecule has 0 saturated carbocycles. The van der Waals surface area contributed by atoms with Gasteiger partial charge in [0.05, 0.1) is 36.2 Å². The third-order valence-electron chi connectivity index (χ3n) is 6.65. The molecule has 4 heterocycles. The number of rotatable bonds is 8. The fraction of sp³-hybridized carbons (Fsp3) is 0.360. The summed E-state index contributed by atoms with van der Waals surface area (Å²) in [7, 11) is 3.05. The molecule has 0 aliphatic heterocycles. The van der Waals surface area contributed by atoms with Gasteiger partial charge in [-0.2, -0.15) is 0 Å². The maximum absolute atomic E-state index is 11.2. The molecule has 0 bridgehead atoms. The van der Waals surface area contributed by atoms with Crippen molar-refractivity contribution in [1.82, 2.24) is 40.5 Å². The zero-order valence-electron chi connectivity index (χ0n) is 42.9. The van der Waals surface area contributed by atoms with Gasteiger partial charge in [0.2, 0.25) is 0 Å². The number of carbonyl (C=O) groups excluding carboxylic acids is 2. The van der Waals surface area contributed by atoms with Crippen LogP contribution in [0.15, 0.2) is 110 Å². The lowest BCUT2D eigenvalue weighted by atomic mass is 10.1. The molecule has 0 unspecified atom stereocenters. The number of aromatic nitrogens is 6. The minimum Gasteiger partial charge on any atom is -0.424 e. The molecule has 0 saturated heterocycles. The molecule has 0 aliphatic carbocycles. The first-order chi connectivity index (χ1) is 32.3. The second kappa shape index (κ2) is 44.3. The lowest BCUT2D eigenvalue weighted by Gasteiger charge is -2.07. The largest absolute Gasteiger partial charge is 0.424 e. The van der Waals surface area contributed by atoms with Gasteiger partial charge in [-0.25, -0.2) is 39.5 Å². The van der Waals surface area contributed by atoms with Gasteiger partial charge in [0.1, 0.15) is 23.1 Å². The van der Waals surface area contributed by atoms with E-state index in [-0.39, 0.29) is 24.1 Å². The number of anilines is 4. The van der Waals surface area contributed by atoms with Crippen LogP contribution < -0.4 is 42.2 Å². The van der Waals surface area contributed by atoms with Crippen LogP contribution in [0.4, 0.5) is 32.6 Å². The minimum atomic E-state index is -0.345. The molecular weight excluding hydrogens is 833 g/mol. The molecule has 364 valence electrons. The van der Waals surface area contributed by atoms with Crippen molar-refractivity contribution in [3.05, 3.63) is 110 Å². The van der Waals surface area contributed by atoms with E-state index in [0.29, 0.717) is 34.5 Å². The maximum Gasteiger partial charge on any atom is 0.322 e. The Labute approximate surface area is 396 Å². The zero-order chi connectivity index (χ0) is 51.3. The Balaban J connectivity index is -0.000000447. The molecule has 0 fully saturated rings. The van der Waals surface area contributed by atoms with Gasteiger partial charge in [-0.3, -0.25) is 0 Å². The number of nitrogens with one attached hydrogen (secondary N) is 4. The molecule has 6 rings (SSSR count). The van der Waals surface area contributed by atoms with Gasteiger partial charge in [0.15, 0.2) is 0 Å².